The van der Waals surface area contributed by atoms with Crippen LogP contribution in [0.1, 0.15) is 53.0 Å². The summed E-state index contributed by atoms with van der Waals surface area (Å²) in [7, 11) is 1.78. The minimum Gasteiger partial charge on any atom is -0.477 e. The predicted octanol–water partition coefficient (Wildman–Crippen LogP) is 2.43. The van der Waals surface area contributed by atoms with Crippen LogP contribution in [0.5, 0.6) is 0 Å². The van der Waals surface area contributed by atoms with Gasteiger partial charge in [-0.05, 0) is 30.9 Å². The summed E-state index contributed by atoms with van der Waals surface area (Å²) in [5.74, 6) is -0.687. The lowest BCUT2D eigenvalue weighted by atomic mass is 9.89. The molecule has 0 aromatic carbocycles. The van der Waals surface area contributed by atoms with Gasteiger partial charge in [0.2, 0.25) is 0 Å². The molecular formula is C15H20N2O3. The SMILES string of the molecule is CN(CC1CCCCC1)C(=O)c1ccnc(C(=O)O)c1. The lowest BCUT2D eigenvalue weighted by molar-refractivity contribution is 0.0690. The van der Waals surface area contributed by atoms with E-state index < -0.39 is 5.97 Å². The number of amides is 1. The molecule has 0 aliphatic heterocycles. The smallest absolute Gasteiger partial charge is 0.354 e. The fraction of sp³-hybridized carbons (Fsp3) is 0.533. The first-order chi connectivity index (χ1) is 9.58. The van der Waals surface area contributed by atoms with Gasteiger partial charge in [0.15, 0.2) is 0 Å². The molecule has 0 unspecified atom stereocenters. The van der Waals surface area contributed by atoms with E-state index in [9.17, 15) is 9.59 Å². The number of carboxylic acid groups (broad SMARTS) is 1. The zero-order valence-electron chi connectivity index (χ0n) is 11.7. The molecule has 20 heavy (non-hydrogen) atoms. The maximum atomic E-state index is 12.3. The Morgan fingerprint density at radius 2 is 2.05 bits per heavy atom. The van der Waals surface area contributed by atoms with Crippen molar-refractivity contribution in [3.8, 4) is 0 Å². The van der Waals surface area contributed by atoms with Crippen LogP contribution in [0.25, 0.3) is 0 Å². The number of hydrogen-bond donors (Lipinski definition) is 1. The Hall–Kier alpha value is -1.91. The van der Waals surface area contributed by atoms with Gasteiger partial charge in [-0.1, -0.05) is 19.3 Å². The molecule has 1 fully saturated rings. The third-order valence-electron chi connectivity index (χ3n) is 3.83. The third kappa shape index (κ3) is 3.56. The van der Waals surface area contributed by atoms with Gasteiger partial charge in [-0.2, -0.15) is 0 Å². The summed E-state index contributed by atoms with van der Waals surface area (Å²) < 4.78 is 0. The van der Waals surface area contributed by atoms with E-state index in [1.165, 1.54) is 44.4 Å². The van der Waals surface area contributed by atoms with E-state index in [-0.39, 0.29) is 11.6 Å². The molecule has 5 heteroatoms. The van der Waals surface area contributed by atoms with Crippen LogP contribution < -0.4 is 0 Å². The summed E-state index contributed by atoms with van der Waals surface area (Å²) in [6, 6.07) is 2.90. The first-order valence-electron chi connectivity index (χ1n) is 7.02. The van der Waals surface area contributed by atoms with Gasteiger partial charge in [-0.25, -0.2) is 9.78 Å². The van der Waals surface area contributed by atoms with Crippen LogP contribution in [0, 0.1) is 5.92 Å². The van der Waals surface area contributed by atoms with E-state index in [4.69, 9.17) is 5.11 Å². The highest BCUT2D eigenvalue weighted by molar-refractivity contribution is 5.96. The van der Waals surface area contributed by atoms with Crippen molar-refractivity contribution in [3.63, 3.8) is 0 Å². The molecule has 1 aliphatic carbocycles. The van der Waals surface area contributed by atoms with E-state index in [1.807, 2.05) is 0 Å². The summed E-state index contributed by atoms with van der Waals surface area (Å²) in [4.78, 5) is 28.6. The zero-order valence-corrected chi connectivity index (χ0v) is 11.7. The topological polar surface area (TPSA) is 70.5 Å². The molecule has 0 saturated heterocycles. The van der Waals surface area contributed by atoms with Crippen molar-refractivity contribution in [1.29, 1.82) is 0 Å². The molecule has 1 aromatic heterocycles. The average molecular weight is 276 g/mol. The molecule has 0 atom stereocenters. The summed E-state index contributed by atoms with van der Waals surface area (Å²) in [5, 5.41) is 8.90. The standard InChI is InChI=1S/C15H20N2O3/c1-17(10-11-5-3-2-4-6-11)14(18)12-7-8-16-13(9-12)15(19)20/h7-9,11H,2-6,10H2,1H3,(H,19,20). The molecule has 0 spiro atoms. The van der Waals surface area contributed by atoms with Crippen LogP contribution in [0.15, 0.2) is 18.3 Å². The molecular weight excluding hydrogens is 256 g/mol. The Bertz CT molecular complexity index is 496. The molecule has 1 amide bonds. The number of nitrogens with zero attached hydrogens (tertiary/aromatic N) is 2. The molecule has 108 valence electrons. The molecule has 2 rings (SSSR count). The predicted molar refractivity (Wildman–Crippen MR) is 74.7 cm³/mol. The van der Waals surface area contributed by atoms with Crippen molar-refractivity contribution >= 4 is 11.9 Å². The van der Waals surface area contributed by atoms with Gasteiger partial charge < -0.3 is 10.0 Å². The van der Waals surface area contributed by atoms with E-state index in [2.05, 4.69) is 4.98 Å². The van der Waals surface area contributed by atoms with Crippen molar-refractivity contribution in [2.24, 2.45) is 5.92 Å². The molecule has 1 heterocycles. The molecule has 1 N–H and O–H groups in total. The van der Waals surface area contributed by atoms with E-state index in [0.717, 1.165) is 6.54 Å². The highest BCUT2D eigenvalue weighted by Gasteiger charge is 2.20. The second kappa shape index (κ2) is 6.50. The van der Waals surface area contributed by atoms with Gasteiger partial charge in [0.25, 0.3) is 5.91 Å². The van der Waals surface area contributed by atoms with Gasteiger partial charge in [-0.15, -0.1) is 0 Å². The number of hydrogen-bond acceptors (Lipinski definition) is 3. The van der Waals surface area contributed by atoms with E-state index >= 15 is 0 Å². The van der Waals surface area contributed by atoms with E-state index in [1.54, 1.807) is 18.0 Å². The monoisotopic (exact) mass is 276 g/mol. The Kier molecular flexibility index (Phi) is 4.71. The van der Waals surface area contributed by atoms with Crippen molar-refractivity contribution in [2.75, 3.05) is 13.6 Å². The Balaban J connectivity index is 2.02. The van der Waals surface area contributed by atoms with Gasteiger partial charge >= 0.3 is 5.97 Å². The Labute approximate surface area is 118 Å². The number of carboxylic acids is 1. The van der Waals surface area contributed by atoms with Crippen LogP contribution in [0.2, 0.25) is 0 Å². The molecule has 1 saturated carbocycles. The summed E-state index contributed by atoms with van der Waals surface area (Å²) >= 11 is 0. The lowest BCUT2D eigenvalue weighted by Crippen LogP contribution is -2.32. The second-order valence-corrected chi connectivity index (χ2v) is 5.42. The minimum atomic E-state index is -1.12. The van der Waals surface area contributed by atoms with Crippen LogP contribution in [-0.2, 0) is 0 Å². The van der Waals surface area contributed by atoms with Crippen molar-refractivity contribution in [1.82, 2.24) is 9.88 Å². The molecule has 1 aromatic rings. The van der Waals surface area contributed by atoms with Gasteiger partial charge in [-0.3, -0.25) is 4.79 Å². The summed E-state index contributed by atoms with van der Waals surface area (Å²) in [5.41, 5.74) is 0.289. The largest absolute Gasteiger partial charge is 0.477 e. The van der Waals surface area contributed by atoms with Crippen LogP contribution in [0.4, 0.5) is 0 Å². The van der Waals surface area contributed by atoms with Crippen molar-refractivity contribution < 1.29 is 14.7 Å². The lowest BCUT2D eigenvalue weighted by Gasteiger charge is -2.27. The molecule has 0 bridgehead atoms. The molecule has 0 radical (unpaired) electrons. The Morgan fingerprint density at radius 3 is 2.70 bits per heavy atom. The van der Waals surface area contributed by atoms with Crippen LogP contribution in [-0.4, -0.2) is 40.5 Å². The van der Waals surface area contributed by atoms with Crippen LogP contribution >= 0.6 is 0 Å². The number of aromatic nitrogens is 1. The maximum absolute atomic E-state index is 12.3. The number of carbonyl (C=O) groups excluding carboxylic acids is 1. The first-order valence-corrected chi connectivity index (χ1v) is 7.02. The number of aromatic carboxylic acids is 1. The highest BCUT2D eigenvalue weighted by atomic mass is 16.4. The van der Waals surface area contributed by atoms with Gasteiger partial charge in [0, 0.05) is 25.4 Å². The van der Waals surface area contributed by atoms with Crippen molar-refractivity contribution in [2.45, 2.75) is 32.1 Å². The van der Waals surface area contributed by atoms with Crippen molar-refractivity contribution in [3.05, 3.63) is 29.6 Å². The fourth-order valence-electron chi connectivity index (χ4n) is 2.74. The highest BCUT2D eigenvalue weighted by Crippen LogP contribution is 2.24. The Morgan fingerprint density at radius 1 is 1.35 bits per heavy atom. The first kappa shape index (κ1) is 14.5. The molecule has 5 nitrogen and oxygen atoms in total. The second-order valence-electron chi connectivity index (χ2n) is 5.42. The summed E-state index contributed by atoms with van der Waals surface area (Å²) in [6.07, 6.45) is 7.49. The van der Waals surface area contributed by atoms with Crippen LogP contribution in [0.3, 0.4) is 0 Å². The van der Waals surface area contributed by atoms with E-state index in [0.29, 0.717) is 11.5 Å². The summed E-state index contributed by atoms with van der Waals surface area (Å²) in [6.45, 7) is 0.740. The number of pyridine rings is 1. The third-order valence-corrected chi connectivity index (χ3v) is 3.83. The minimum absolute atomic E-state index is 0.0954. The average Bonchev–Trinajstić information content (AvgIpc) is 2.47. The number of carbonyl (C=O) groups is 2. The quantitative estimate of drug-likeness (QED) is 0.917. The maximum Gasteiger partial charge on any atom is 0.354 e. The molecule has 1 aliphatic rings. The van der Waals surface area contributed by atoms with Gasteiger partial charge in [0.1, 0.15) is 5.69 Å². The zero-order chi connectivity index (χ0) is 14.5. The normalized spacial score (nSPS) is 15.8. The van der Waals surface area contributed by atoms with Gasteiger partial charge in [0.05, 0.1) is 0 Å². The fourth-order valence-corrected chi connectivity index (χ4v) is 2.74. The number of rotatable bonds is 4.